The van der Waals surface area contributed by atoms with Gasteiger partial charge in [-0.3, -0.25) is 9.69 Å². The number of nitrogens with one attached hydrogen (secondary N) is 1. The van der Waals surface area contributed by atoms with Gasteiger partial charge < -0.3 is 25.4 Å². The highest BCUT2D eigenvalue weighted by molar-refractivity contribution is 5.82. The normalized spacial score (nSPS) is 17.9. The molecule has 0 spiro atoms. The molecular weight excluding hydrogens is 434 g/mol. The maximum atomic E-state index is 13.0. The van der Waals surface area contributed by atoms with E-state index in [1.54, 1.807) is 0 Å². The Bertz CT molecular complexity index is 1160. The molecule has 1 amide bonds. The zero-order valence-electron chi connectivity index (χ0n) is 19.0. The standard InChI is InChI=1S/C24H27N7O3/c1-16-6-8-17(9-7-16)26-24-28-21(27-23(25)29-24)14-30-10-12-31(13-11-30)22(32)20-15-33-18-4-2-3-5-19(18)34-20/h2-9,20H,10-15H2,1H3,(H3,25,26,27,28,29). The molecule has 34 heavy (non-hydrogen) atoms. The van der Waals surface area contributed by atoms with Crippen molar-refractivity contribution in [2.45, 2.75) is 19.6 Å². The molecule has 2 aliphatic rings. The summed E-state index contributed by atoms with van der Waals surface area (Å²) in [5, 5.41) is 3.18. The van der Waals surface area contributed by atoms with Gasteiger partial charge in [0.25, 0.3) is 5.91 Å². The number of amides is 1. The molecule has 1 atom stereocenters. The Kier molecular flexibility index (Phi) is 6.13. The molecule has 1 fully saturated rings. The van der Waals surface area contributed by atoms with Crippen LogP contribution in [0.25, 0.3) is 0 Å². The molecule has 3 heterocycles. The molecule has 1 saturated heterocycles. The van der Waals surface area contributed by atoms with E-state index in [1.165, 1.54) is 5.56 Å². The van der Waals surface area contributed by atoms with Crippen LogP contribution < -0.4 is 20.5 Å². The number of piperazine rings is 1. The van der Waals surface area contributed by atoms with E-state index in [0.717, 1.165) is 5.69 Å². The Balaban J connectivity index is 1.16. The first-order valence-corrected chi connectivity index (χ1v) is 11.3. The Hall–Kier alpha value is -3.92. The number of carbonyl (C=O) groups is 1. The summed E-state index contributed by atoms with van der Waals surface area (Å²) >= 11 is 0. The molecule has 0 radical (unpaired) electrons. The van der Waals surface area contributed by atoms with Crippen molar-refractivity contribution in [2.24, 2.45) is 0 Å². The van der Waals surface area contributed by atoms with Gasteiger partial charge in [-0.05, 0) is 31.2 Å². The van der Waals surface area contributed by atoms with Crippen LogP contribution in [0, 0.1) is 6.92 Å². The Morgan fingerprint density at radius 2 is 1.76 bits per heavy atom. The monoisotopic (exact) mass is 461 g/mol. The van der Waals surface area contributed by atoms with E-state index in [0.29, 0.717) is 56.0 Å². The van der Waals surface area contributed by atoms with Gasteiger partial charge in [0, 0.05) is 31.9 Å². The number of aromatic nitrogens is 3. The second-order valence-corrected chi connectivity index (χ2v) is 8.39. The maximum absolute atomic E-state index is 13.0. The van der Waals surface area contributed by atoms with Crippen molar-refractivity contribution in [3.63, 3.8) is 0 Å². The lowest BCUT2D eigenvalue weighted by molar-refractivity contribution is -0.143. The van der Waals surface area contributed by atoms with Crippen molar-refractivity contribution < 1.29 is 14.3 Å². The lowest BCUT2D eigenvalue weighted by Crippen LogP contribution is -2.53. The number of para-hydroxylation sites is 2. The summed E-state index contributed by atoms with van der Waals surface area (Å²) in [5.41, 5.74) is 7.97. The fourth-order valence-electron chi connectivity index (χ4n) is 4.00. The number of ether oxygens (including phenoxy) is 2. The van der Waals surface area contributed by atoms with E-state index < -0.39 is 6.10 Å². The largest absolute Gasteiger partial charge is 0.485 e. The third kappa shape index (κ3) is 5.01. The van der Waals surface area contributed by atoms with E-state index in [-0.39, 0.29) is 18.5 Å². The number of benzene rings is 2. The highest BCUT2D eigenvalue weighted by Crippen LogP contribution is 2.31. The van der Waals surface area contributed by atoms with Crippen molar-refractivity contribution in [1.82, 2.24) is 24.8 Å². The van der Waals surface area contributed by atoms with Crippen molar-refractivity contribution >= 4 is 23.5 Å². The van der Waals surface area contributed by atoms with Crippen molar-refractivity contribution in [3.05, 3.63) is 59.9 Å². The number of nitrogens with two attached hydrogens (primary N) is 1. The van der Waals surface area contributed by atoms with Crippen LogP contribution in [-0.2, 0) is 11.3 Å². The van der Waals surface area contributed by atoms with Crippen LogP contribution in [0.3, 0.4) is 0 Å². The molecule has 0 saturated carbocycles. The van der Waals surface area contributed by atoms with E-state index in [2.05, 4.69) is 25.2 Å². The van der Waals surface area contributed by atoms with Gasteiger partial charge in [-0.25, -0.2) is 0 Å². The molecule has 176 valence electrons. The molecule has 0 aliphatic carbocycles. The SMILES string of the molecule is Cc1ccc(Nc2nc(N)nc(CN3CCN(C(=O)C4COc5ccccc5O4)CC3)n2)cc1. The van der Waals surface area contributed by atoms with E-state index in [9.17, 15) is 4.79 Å². The number of carbonyl (C=O) groups excluding carboxylic acids is 1. The fraction of sp³-hybridized carbons (Fsp3) is 0.333. The minimum absolute atomic E-state index is 0.0526. The topological polar surface area (TPSA) is 119 Å². The first kappa shape index (κ1) is 21.9. The zero-order valence-corrected chi connectivity index (χ0v) is 19.0. The first-order valence-electron chi connectivity index (χ1n) is 11.3. The number of aryl methyl sites for hydroxylation is 1. The van der Waals surface area contributed by atoms with Gasteiger partial charge in [0.05, 0.1) is 6.54 Å². The molecule has 5 rings (SSSR count). The lowest BCUT2D eigenvalue weighted by Gasteiger charge is -2.36. The van der Waals surface area contributed by atoms with E-state index in [1.807, 2.05) is 60.4 Å². The second-order valence-electron chi connectivity index (χ2n) is 8.39. The average molecular weight is 462 g/mol. The zero-order chi connectivity index (χ0) is 23.5. The fourth-order valence-corrected chi connectivity index (χ4v) is 4.00. The van der Waals surface area contributed by atoms with Crippen molar-refractivity contribution in [1.29, 1.82) is 0 Å². The van der Waals surface area contributed by atoms with Gasteiger partial charge in [-0.2, -0.15) is 15.0 Å². The quantitative estimate of drug-likeness (QED) is 0.588. The average Bonchev–Trinajstić information content (AvgIpc) is 2.85. The third-order valence-electron chi connectivity index (χ3n) is 5.84. The number of fused-ring (bicyclic) bond motifs is 1. The van der Waals surface area contributed by atoms with Gasteiger partial charge in [-0.15, -0.1) is 0 Å². The van der Waals surface area contributed by atoms with E-state index in [4.69, 9.17) is 15.2 Å². The Morgan fingerprint density at radius 3 is 2.53 bits per heavy atom. The number of anilines is 3. The molecule has 1 unspecified atom stereocenters. The van der Waals surface area contributed by atoms with Gasteiger partial charge in [0.1, 0.15) is 12.4 Å². The van der Waals surface area contributed by atoms with Gasteiger partial charge in [0.2, 0.25) is 18.0 Å². The molecule has 1 aromatic heterocycles. The molecule has 2 aromatic carbocycles. The summed E-state index contributed by atoms with van der Waals surface area (Å²) in [5.74, 6) is 2.39. The van der Waals surface area contributed by atoms with Crippen molar-refractivity contribution in [3.8, 4) is 11.5 Å². The van der Waals surface area contributed by atoms with Gasteiger partial charge in [0.15, 0.2) is 11.5 Å². The number of nitrogens with zero attached hydrogens (tertiary/aromatic N) is 5. The maximum Gasteiger partial charge on any atom is 0.267 e. The van der Waals surface area contributed by atoms with Crippen LogP contribution in [0.1, 0.15) is 11.4 Å². The number of hydrogen-bond acceptors (Lipinski definition) is 9. The van der Waals surface area contributed by atoms with Crippen LogP contribution in [0.15, 0.2) is 48.5 Å². The van der Waals surface area contributed by atoms with Crippen molar-refractivity contribution in [2.75, 3.05) is 43.8 Å². The predicted molar refractivity (Wildman–Crippen MR) is 127 cm³/mol. The first-order chi connectivity index (χ1) is 16.5. The Morgan fingerprint density at radius 1 is 1.03 bits per heavy atom. The summed E-state index contributed by atoms with van der Waals surface area (Å²) in [7, 11) is 0. The summed E-state index contributed by atoms with van der Waals surface area (Å²) in [6, 6.07) is 15.3. The summed E-state index contributed by atoms with van der Waals surface area (Å²) in [4.78, 5) is 30.0. The highest BCUT2D eigenvalue weighted by Gasteiger charge is 2.32. The minimum Gasteiger partial charge on any atom is -0.485 e. The summed E-state index contributed by atoms with van der Waals surface area (Å²) < 4.78 is 11.6. The molecule has 2 aliphatic heterocycles. The smallest absolute Gasteiger partial charge is 0.267 e. The molecule has 3 N–H and O–H groups in total. The van der Waals surface area contributed by atoms with Crippen LogP contribution in [0.5, 0.6) is 11.5 Å². The highest BCUT2D eigenvalue weighted by atomic mass is 16.6. The third-order valence-corrected chi connectivity index (χ3v) is 5.84. The van der Waals surface area contributed by atoms with Crippen LogP contribution in [0.4, 0.5) is 17.6 Å². The van der Waals surface area contributed by atoms with Crippen LogP contribution in [-0.4, -0.2) is 69.5 Å². The van der Waals surface area contributed by atoms with Crippen LogP contribution >= 0.6 is 0 Å². The summed E-state index contributed by atoms with van der Waals surface area (Å²) in [6.45, 7) is 5.35. The molecule has 10 heteroatoms. The summed E-state index contributed by atoms with van der Waals surface area (Å²) in [6.07, 6.45) is -0.625. The number of rotatable bonds is 5. The molecule has 0 bridgehead atoms. The van der Waals surface area contributed by atoms with E-state index >= 15 is 0 Å². The molecule has 10 nitrogen and oxygen atoms in total. The van der Waals surface area contributed by atoms with Gasteiger partial charge in [-0.1, -0.05) is 29.8 Å². The predicted octanol–water partition coefficient (Wildman–Crippen LogP) is 1.99. The lowest BCUT2D eigenvalue weighted by atomic mass is 10.2. The number of nitrogen functional groups attached to an aromatic ring is 1. The number of hydrogen-bond donors (Lipinski definition) is 2. The van der Waals surface area contributed by atoms with Gasteiger partial charge >= 0.3 is 0 Å². The molecule has 3 aromatic rings. The minimum atomic E-state index is -0.625. The Labute approximate surface area is 197 Å². The second kappa shape index (κ2) is 9.52. The molecular formula is C24H27N7O3. The van der Waals surface area contributed by atoms with Crippen LogP contribution in [0.2, 0.25) is 0 Å².